The molecule has 0 aliphatic carbocycles. The molecule has 0 unspecified atom stereocenters. The fourth-order valence-corrected chi connectivity index (χ4v) is 3.27. The van der Waals surface area contributed by atoms with E-state index < -0.39 is 10.0 Å². The lowest BCUT2D eigenvalue weighted by Crippen LogP contribution is -2.37. The fraction of sp³-hybridized carbons (Fsp3) is 0.316. The molecule has 0 heterocycles. The molecule has 0 aliphatic heterocycles. The van der Waals surface area contributed by atoms with E-state index in [9.17, 15) is 13.2 Å². The average Bonchev–Trinajstić information content (AvgIpc) is 2.61. The Kier molecular flexibility index (Phi) is 6.76. The minimum atomic E-state index is -3.39. The molecule has 0 aliphatic rings. The van der Waals surface area contributed by atoms with Gasteiger partial charge in [0.25, 0.3) is 5.91 Å². The van der Waals surface area contributed by atoms with Crippen molar-refractivity contribution in [1.29, 1.82) is 0 Å². The number of nitrogens with one attached hydrogen (secondary N) is 1. The third-order valence-corrected chi connectivity index (χ3v) is 5.33. The number of amides is 1. The summed E-state index contributed by atoms with van der Waals surface area (Å²) in [6.45, 7) is 2.66. The highest BCUT2D eigenvalue weighted by Gasteiger charge is 2.18. The Morgan fingerprint density at radius 2 is 1.77 bits per heavy atom. The molecular weight excluding hydrogens is 352 g/mol. The third-order valence-electron chi connectivity index (χ3n) is 4.08. The van der Waals surface area contributed by atoms with Crippen molar-refractivity contribution in [3.8, 4) is 5.75 Å². The standard InChI is InChI=1S/C19H24N2O4S/c1-15-6-4-5-7-17(15)14-21(26(3,23)24)13-12-20-19(22)16-8-10-18(25-2)11-9-16/h4-11H,12-14H2,1-3H3,(H,20,22). The SMILES string of the molecule is COc1ccc(C(=O)NCCN(Cc2ccccc2C)S(C)(=O)=O)cc1. The summed E-state index contributed by atoms with van der Waals surface area (Å²) in [4.78, 5) is 12.2. The lowest BCUT2D eigenvalue weighted by atomic mass is 10.1. The van der Waals surface area contributed by atoms with Gasteiger partial charge in [-0.05, 0) is 42.3 Å². The van der Waals surface area contributed by atoms with E-state index in [1.165, 1.54) is 10.6 Å². The quantitative estimate of drug-likeness (QED) is 0.766. The molecule has 6 nitrogen and oxygen atoms in total. The van der Waals surface area contributed by atoms with Gasteiger partial charge >= 0.3 is 0 Å². The van der Waals surface area contributed by atoms with Crippen molar-refractivity contribution in [1.82, 2.24) is 9.62 Å². The summed E-state index contributed by atoms with van der Waals surface area (Å²) >= 11 is 0. The summed E-state index contributed by atoms with van der Waals surface area (Å²) in [7, 11) is -1.83. The highest BCUT2D eigenvalue weighted by molar-refractivity contribution is 7.88. The zero-order chi connectivity index (χ0) is 19.2. The van der Waals surface area contributed by atoms with Gasteiger partial charge in [0.1, 0.15) is 5.75 Å². The van der Waals surface area contributed by atoms with Gasteiger partial charge in [-0.1, -0.05) is 24.3 Å². The second kappa shape index (κ2) is 8.82. The number of carbonyl (C=O) groups excluding carboxylic acids is 1. The molecule has 2 aromatic rings. The molecule has 1 amide bonds. The van der Waals surface area contributed by atoms with Crippen LogP contribution >= 0.6 is 0 Å². The molecule has 2 aromatic carbocycles. The molecule has 0 radical (unpaired) electrons. The minimum Gasteiger partial charge on any atom is -0.497 e. The Hall–Kier alpha value is -2.38. The predicted molar refractivity (Wildman–Crippen MR) is 102 cm³/mol. The maximum Gasteiger partial charge on any atom is 0.251 e. The first-order chi connectivity index (χ1) is 12.3. The second-order valence-corrected chi connectivity index (χ2v) is 7.99. The van der Waals surface area contributed by atoms with Gasteiger partial charge in [-0.25, -0.2) is 8.42 Å². The van der Waals surface area contributed by atoms with E-state index in [4.69, 9.17) is 4.74 Å². The molecule has 0 spiro atoms. The lowest BCUT2D eigenvalue weighted by molar-refractivity contribution is 0.0951. The number of carbonyl (C=O) groups is 1. The Labute approximate surface area is 154 Å². The monoisotopic (exact) mass is 376 g/mol. The topological polar surface area (TPSA) is 75.7 Å². The predicted octanol–water partition coefficient (Wildman–Crippen LogP) is 2.20. The summed E-state index contributed by atoms with van der Waals surface area (Å²) in [6.07, 6.45) is 1.18. The van der Waals surface area contributed by atoms with Crippen LogP contribution in [0.5, 0.6) is 5.75 Å². The van der Waals surface area contributed by atoms with Crippen molar-refractivity contribution < 1.29 is 17.9 Å². The first-order valence-electron chi connectivity index (χ1n) is 8.23. The molecule has 26 heavy (non-hydrogen) atoms. The highest BCUT2D eigenvalue weighted by atomic mass is 32.2. The number of nitrogens with zero attached hydrogens (tertiary/aromatic N) is 1. The molecule has 140 valence electrons. The Balaban J connectivity index is 1.97. The number of hydrogen-bond donors (Lipinski definition) is 1. The van der Waals surface area contributed by atoms with E-state index in [0.717, 1.165) is 11.1 Å². The molecule has 0 saturated heterocycles. The Morgan fingerprint density at radius 3 is 2.35 bits per heavy atom. The molecule has 0 atom stereocenters. The van der Waals surface area contributed by atoms with Crippen LogP contribution < -0.4 is 10.1 Å². The summed E-state index contributed by atoms with van der Waals surface area (Å²) in [5.74, 6) is 0.417. The zero-order valence-electron chi connectivity index (χ0n) is 15.2. The van der Waals surface area contributed by atoms with E-state index in [2.05, 4.69) is 5.32 Å². The number of rotatable bonds is 8. The number of ether oxygens (including phenoxy) is 1. The first-order valence-corrected chi connectivity index (χ1v) is 10.1. The summed E-state index contributed by atoms with van der Waals surface area (Å²) in [6, 6.07) is 14.4. The molecule has 7 heteroatoms. The van der Waals surface area contributed by atoms with E-state index in [1.807, 2.05) is 31.2 Å². The largest absolute Gasteiger partial charge is 0.497 e. The maximum absolute atomic E-state index is 12.2. The molecule has 2 rings (SSSR count). The van der Waals surface area contributed by atoms with Crippen LogP contribution in [0, 0.1) is 6.92 Å². The highest BCUT2D eigenvalue weighted by Crippen LogP contribution is 2.13. The van der Waals surface area contributed by atoms with Gasteiger partial charge in [0.15, 0.2) is 0 Å². The summed E-state index contributed by atoms with van der Waals surface area (Å²) in [5.41, 5.74) is 2.47. The molecule has 0 bridgehead atoms. The average molecular weight is 376 g/mol. The number of sulfonamides is 1. The van der Waals surface area contributed by atoms with Crippen molar-refractivity contribution >= 4 is 15.9 Å². The van der Waals surface area contributed by atoms with Gasteiger partial charge in [0, 0.05) is 25.2 Å². The fourth-order valence-electron chi connectivity index (χ4n) is 2.48. The molecule has 1 N–H and O–H groups in total. The Bertz CT molecular complexity index is 848. The lowest BCUT2D eigenvalue weighted by Gasteiger charge is -2.21. The van der Waals surface area contributed by atoms with Crippen molar-refractivity contribution in [2.45, 2.75) is 13.5 Å². The van der Waals surface area contributed by atoms with Crippen LogP contribution in [0.4, 0.5) is 0 Å². The maximum atomic E-state index is 12.2. The van der Waals surface area contributed by atoms with Gasteiger partial charge in [0.05, 0.1) is 13.4 Å². The molecule has 0 fully saturated rings. The first kappa shape index (κ1) is 19.9. The number of benzene rings is 2. The van der Waals surface area contributed by atoms with Crippen LogP contribution in [0.2, 0.25) is 0 Å². The normalized spacial score (nSPS) is 11.4. The summed E-state index contributed by atoms with van der Waals surface area (Å²) < 4.78 is 30.6. The van der Waals surface area contributed by atoms with Crippen LogP contribution in [0.25, 0.3) is 0 Å². The van der Waals surface area contributed by atoms with Crippen LogP contribution in [0.3, 0.4) is 0 Å². The van der Waals surface area contributed by atoms with Crippen molar-refractivity contribution in [2.24, 2.45) is 0 Å². The van der Waals surface area contributed by atoms with E-state index in [0.29, 0.717) is 11.3 Å². The summed E-state index contributed by atoms with van der Waals surface area (Å²) in [5, 5.41) is 2.75. The molecular formula is C19H24N2O4S. The zero-order valence-corrected chi connectivity index (χ0v) is 16.0. The van der Waals surface area contributed by atoms with Gasteiger partial charge in [-0.15, -0.1) is 0 Å². The molecule has 0 saturated carbocycles. The molecule has 0 aromatic heterocycles. The van der Waals surface area contributed by atoms with Crippen molar-refractivity contribution in [2.75, 3.05) is 26.5 Å². The van der Waals surface area contributed by atoms with Crippen LogP contribution in [-0.2, 0) is 16.6 Å². The van der Waals surface area contributed by atoms with Gasteiger partial charge in [-0.3, -0.25) is 4.79 Å². The third kappa shape index (κ3) is 5.57. The number of hydrogen-bond acceptors (Lipinski definition) is 4. The van der Waals surface area contributed by atoms with Gasteiger partial charge < -0.3 is 10.1 Å². The van der Waals surface area contributed by atoms with Crippen molar-refractivity contribution in [3.63, 3.8) is 0 Å². The van der Waals surface area contributed by atoms with Crippen LogP contribution in [0.15, 0.2) is 48.5 Å². The van der Waals surface area contributed by atoms with Crippen molar-refractivity contribution in [3.05, 3.63) is 65.2 Å². The Morgan fingerprint density at radius 1 is 1.12 bits per heavy atom. The smallest absolute Gasteiger partial charge is 0.251 e. The van der Waals surface area contributed by atoms with E-state index in [-0.39, 0.29) is 25.5 Å². The van der Waals surface area contributed by atoms with Crippen LogP contribution in [-0.4, -0.2) is 45.1 Å². The van der Waals surface area contributed by atoms with Crippen LogP contribution in [0.1, 0.15) is 21.5 Å². The van der Waals surface area contributed by atoms with E-state index >= 15 is 0 Å². The van der Waals surface area contributed by atoms with Gasteiger partial charge in [0.2, 0.25) is 10.0 Å². The number of aryl methyl sites for hydroxylation is 1. The number of methoxy groups -OCH3 is 1. The second-order valence-electron chi connectivity index (χ2n) is 6.01. The van der Waals surface area contributed by atoms with Gasteiger partial charge in [-0.2, -0.15) is 4.31 Å². The minimum absolute atomic E-state index is 0.203. The van der Waals surface area contributed by atoms with E-state index in [1.54, 1.807) is 31.4 Å².